The van der Waals surface area contributed by atoms with Gasteiger partial charge in [0.1, 0.15) is 5.82 Å². The van der Waals surface area contributed by atoms with E-state index in [9.17, 15) is 0 Å². The molecule has 1 saturated heterocycles. The van der Waals surface area contributed by atoms with Crippen molar-refractivity contribution in [3.8, 4) is 5.69 Å². The van der Waals surface area contributed by atoms with Gasteiger partial charge < -0.3 is 5.73 Å². The van der Waals surface area contributed by atoms with Crippen LogP contribution in [0.15, 0.2) is 30.5 Å². The third-order valence-corrected chi connectivity index (χ3v) is 4.76. The molecule has 1 unspecified atom stereocenters. The molecule has 1 aromatic carbocycles. The molecule has 0 bridgehead atoms. The minimum absolute atomic E-state index is 0.691. The molecule has 3 rings (SSSR count). The first-order valence-electron chi connectivity index (χ1n) is 8.32. The zero-order valence-electron chi connectivity index (χ0n) is 13.6. The van der Waals surface area contributed by atoms with Crippen LogP contribution in [0.1, 0.15) is 43.7 Å². The van der Waals surface area contributed by atoms with E-state index in [0.29, 0.717) is 6.04 Å². The van der Waals surface area contributed by atoms with Crippen molar-refractivity contribution < 1.29 is 0 Å². The van der Waals surface area contributed by atoms with Crippen LogP contribution in [0, 0.1) is 6.92 Å². The largest absolute Gasteiger partial charge is 0.383 e. The van der Waals surface area contributed by atoms with E-state index in [1.54, 1.807) is 0 Å². The predicted molar refractivity (Wildman–Crippen MR) is 91.1 cm³/mol. The van der Waals surface area contributed by atoms with Crippen LogP contribution in [0.5, 0.6) is 0 Å². The molecule has 2 N–H and O–H groups in total. The first-order chi connectivity index (χ1) is 10.7. The van der Waals surface area contributed by atoms with E-state index in [1.807, 2.05) is 10.9 Å². The zero-order valence-corrected chi connectivity index (χ0v) is 13.6. The average Bonchev–Trinajstić information content (AvgIpc) is 2.90. The molecule has 0 radical (unpaired) electrons. The SMILES string of the molecule is CCC1CCCCN1Cc1cnn(-c2ccc(C)cc2)c1N. The average molecular weight is 298 g/mol. The van der Waals surface area contributed by atoms with Crippen molar-refractivity contribution in [2.45, 2.75) is 52.1 Å². The second kappa shape index (κ2) is 6.53. The van der Waals surface area contributed by atoms with Gasteiger partial charge in [-0.2, -0.15) is 5.10 Å². The molecule has 1 fully saturated rings. The number of nitrogen functional groups attached to an aromatic ring is 1. The molecule has 0 saturated carbocycles. The normalized spacial score (nSPS) is 19.5. The van der Waals surface area contributed by atoms with Gasteiger partial charge in [-0.15, -0.1) is 0 Å². The lowest BCUT2D eigenvalue weighted by molar-refractivity contribution is 0.136. The molecule has 1 atom stereocenters. The maximum Gasteiger partial charge on any atom is 0.131 e. The summed E-state index contributed by atoms with van der Waals surface area (Å²) in [7, 11) is 0. The van der Waals surface area contributed by atoms with Crippen molar-refractivity contribution in [3.05, 3.63) is 41.6 Å². The summed E-state index contributed by atoms with van der Waals surface area (Å²) in [6.07, 6.45) is 7.10. The Balaban J connectivity index is 1.79. The van der Waals surface area contributed by atoms with Crippen LogP contribution in [-0.4, -0.2) is 27.3 Å². The van der Waals surface area contributed by atoms with Crippen LogP contribution >= 0.6 is 0 Å². The van der Waals surface area contributed by atoms with Crippen molar-refractivity contribution in [3.63, 3.8) is 0 Å². The molecule has 1 aromatic heterocycles. The number of hydrogen-bond acceptors (Lipinski definition) is 3. The van der Waals surface area contributed by atoms with Crippen molar-refractivity contribution in [2.24, 2.45) is 0 Å². The monoisotopic (exact) mass is 298 g/mol. The van der Waals surface area contributed by atoms with Gasteiger partial charge in [0, 0.05) is 18.2 Å². The van der Waals surface area contributed by atoms with E-state index >= 15 is 0 Å². The van der Waals surface area contributed by atoms with E-state index in [0.717, 1.165) is 23.6 Å². The standard InChI is InChI=1S/C18H26N4/c1-3-16-6-4-5-11-21(16)13-15-12-20-22(18(15)19)17-9-7-14(2)8-10-17/h7-10,12,16H,3-6,11,13,19H2,1-2H3. The highest BCUT2D eigenvalue weighted by Gasteiger charge is 2.22. The summed E-state index contributed by atoms with van der Waals surface area (Å²) in [5.41, 5.74) is 9.76. The van der Waals surface area contributed by atoms with Crippen molar-refractivity contribution in [1.29, 1.82) is 0 Å². The van der Waals surface area contributed by atoms with E-state index < -0.39 is 0 Å². The summed E-state index contributed by atoms with van der Waals surface area (Å²) in [4.78, 5) is 2.57. The van der Waals surface area contributed by atoms with E-state index in [1.165, 1.54) is 37.8 Å². The van der Waals surface area contributed by atoms with E-state index in [-0.39, 0.29) is 0 Å². The number of nitrogens with two attached hydrogens (primary N) is 1. The van der Waals surface area contributed by atoms with Gasteiger partial charge in [0.15, 0.2) is 0 Å². The summed E-state index contributed by atoms with van der Waals surface area (Å²) in [5.74, 6) is 0.768. The maximum absolute atomic E-state index is 6.35. The van der Waals surface area contributed by atoms with Gasteiger partial charge >= 0.3 is 0 Å². The summed E-state index contributed by atoms with van der Waals surface area (Å²) in [5, 5.41) is 4.50. The van der Waals surface area contributed by atoms with Crippen LogP contribution in [0.2, 0.25) is 0 Å². The van der Waals surface area contributed by atoms with Crippen LogP contribution in [-0.2, 0) is 6.54 Å². The number of aryl methyl sites for hydroxylation is 1. The molecular formula is C18H26N4. The van der Waals surface area contributed by atoms with Gasteiger partial charge in [0.05, 0.1) is 11.9 Å². The summed E-state index contributed by atoms with van der Waals surface area (Å²) in [6.45, 7) is 6.45. The van der Waals surface area contributed by atoms with Gasteiger partial charge in [0.25, 0.3) is 0 Å². The maximum atomic E-state index is 6.35. The number of piperidine rings is 1. The fourth-order valence-electron chi connectivity index (χ4n) is 3.35. The Hall–Kier alpha value is -1.81. The number of rotatable bonds is 4. The number of benzene rings is 1. The fraction of sp³-hybridized carbons (Fsp3) is 0.500. The number of aromatic nitrogens is 2. The number of nitrogens with zero attached hydrogens (tertiary/aromatic N) is 3. The van der Waals surface area contributed by atoms with E-state index in [4.69, 9.17) is 5.73 Å². The Bertz CT molecular complexity index is 615. The highest BCUT2D eigenvalue weighted by molar-refractivity contribution is 5.47. The second-order valence-electron chi connectivity index (χ2n) is 6.33. The lowest BCUT2D eigenvalue weighted by Gasteiger charge is -2.35. The topological polar surface area (TPSA) is 47.1 Å². The third-order valence-electron chi connectivity index (χ3n) is 4.76. The summed E-state index contributed by atoms with van der Waals surface area (Å²) >= 11 is 0. The van der Waals surface area contributed by atoms with E-state index in [2.05, 4.69) is 48.1 Å². The highest BCUT2D eigenvalue weighted by atomic mass is 15.3. The molecule has 4 heteroatoms. The minimum Gasteiger partial charge on any atom is -0.383 e. The first-order valence-corrected chi connectivity index (χ1v) is 8.32. The lowest BCUT2D eigenvalue weighted by atomic mass is 9.99. The van der Waals surface area contributed by atoms with Crippen LogP contribution < -0.4 is 5.73 Å². The zero-order chi connectivity index (χ0) is 15.5. The molecule has 1 aliphatic heterocycles. The summed E-state index contributed by atoms with van der Waals surface area (Å²) < 4.78 is 1.85. The smallest absolute Gasteiger partial charge is 0.131 e. The minimum atomic E-state index is 0.691. The molecule has 2 heterocycles. The molecular weight excluding hydrogens is 272 g/mol. The Morgan fingerprint density at radius 1 is 1.23 bits per heavy atom. The van der Waals surface area contributed by atoms with Gasteiger partial charge in [-0.3, -0.25) is 4.90 Å². The van der Waals surface area contributed by atoms with Crippen molar-refractivity contribution in [1.82, 2.24) is 14.7 Å². The second-order valence-corrected chi connectivity index (χ2v) is 6.33. The van der Waals surface area contributed by atoms with Crippen LogP contribution in [0.4, 0.5) is 5.82 Å². The molecule has 0 amide bonds. The van der Waals surface area contributed by atoms with Gasteiger partial charge in [-0.1, -0.05) is 31.0 Å². The molecule has 0 aliphatic carbocycles. The predicted octanol–water partition coefficient (Wildman–Crippen LogP) is 3.53. The fourth-order valence-corrected chi connectivity index (χ4v) is 3.35. The number of anilines is 1. The van der Waals surface area contributed by atoms with Crippen LogP contribution in [0.25, 0.3) is 5.69 Å². The lowest BCUT2D eigenvalue weighted by Crippen LogP contribution is -2.38. The Morgan fingerprint density at radius 3 is 2.73 bits per heavy atom. The molecule has 118 valence electrons. The molecule has 0 spiro atoms. The third kappa shape index (κ3) is 3.02. The van der Waals surface area contributed by atoms with Crippen molar-refractivity contribution >= 4 is 5.82 Å². The highest BCUT2D eigenvalue weighted by Crippen LogP contribution is 2.25. The van der Waals surface area contributed by atoms with Gasteiger partial charge in [0.2, 0.25) is 0 Å². The van der Waals surface area contributed by atoms with Crippen molar-refractivity contribution in [2.75, 3.05) is 12.3 Å². The summed E-state index contributed by atoms with van der Waals surface area (Å²) in [6, 6.07) is 9.01. The van der Waals surface area contributed by atoms with Crippen LogP contribution in [0.3, 0.4) is 0 Å². The molecule has 2 aromatic rings. The Labute approximate surface area is 132 Å². The first kappa shape index (κ1) is 15.1. The quantitative estimate of drug-likeness (QED) is 0.939. The Kier molecular flexibility index (Phi) is 4.48. The van der Waals surface area contributed by atoms with Gasteiger partial charge in [-0.05, 0) is 44.9 Å². The molecule has 22 heavy (non-hydrogen) atoms. The number of hydrogen-bond donors (Lipinski definition) is 1. The molecule has 1 aliphatic rings. The molecule has 4 nitrogen and oxygen atoms in total. The van der Waals surface area contributed by atoms with Gasteiger partial charge in [-0.25, -0.2) is 4.68 Å². The number of likely N-dealkylation sites (tertiary alicyclic amines) is 1. The Morgan fingerprint density at radius 2 is 2.00 bits per heavy atom.